The zero-order valence-electron chi connectivity index (χ0n) is 9.49. The Kier molecular flexibility index (Phi) is 3.77. The summed E-state index contributed by atoms with van der Waals surface area (Å²) in [7, 11) is 0. The number of rotatable bonds is 3. The molecule has 19 heavy (non-hydrogen) atoms. The number of hydrogen-bond donors (Lipinski definition) is 1. The zero-order valence-corrected chi connectivity index (χ0v) is 10.2. The summed E-state index contributed by atoms with van der Waals surface area (Å²) in [5.41, 5.74) is 6.34. The first-order valence-electron chi connectivity index (χ1n) is 5.26. The minimum Gasteiger partial charge on any atom is -0.337 e. The van der Waals surface area contributed by atoms with Crippen LogP contribution in [-0.4, -0.2) is 16.3 Å². The van der Waals surface area contributed by atoms with Crippen molar-refractivity contribution in [3.63, 3.8) is 0 Å². The van der Waals surface area contributed by atoms with Crippen LogP contribution in [-0.2, 0) is 6.42 Å². The molecule has 1 atom stereocenters. The molecule has 0 bridgehead atoms. The highest BCUT2D eigenvalue weighted by Gasteiger charge is 2.31. The summed E-state index contributed by atoms with van der Waals surface area (Å²) in [4.78, 5) is 3.63. The van der Waals surface area contributed by atoms with Gasteiger partial charge in [0.05, 0.1) is 0 Å². The van der Waals surface area contributed by atoms with Crippen LogP contribution >= 0.6 is 11.6 Å². The maximum absolute atomic E-state index is 12.2. The Morgan fingerprint density at radius 3 is 2.63 bits per heavy atom. The molecule has 0 aliphatic heterocycles. The summed E-state index contributed by atoms with van der Waals surface area (Å²) in [6.07, 6.45) is -5.65. The minimum absolute atomic E-state index is 0.104. The Balaban J connectivity index is 2.21. The minimum atomic E-state index is -4.39. The molecule has 4 nitrogen and oxygen atoms in total. The third-order valence-corrected chi connectivity index (χ3v) is 2.69. The van der Waals surface area contributed by atoms with Gasteiger partial charge in [-0.3, -0.25) is 0 Å². The standard InChI is InChI=1S/C11H9ClF3N3O/c12-7-4-2-1-3-6(7)9(16)10-17-8(18-19-10)5-11(13,14)15/h1-4,9H,5,16H2/t9-/m1/s1. The third kappa shape index (κ3) is 3.45. The van der Waals surface area contributed by atoms with Gasteiger partial charge in [-0.05, 0) is 11.6 Å². The first-order valence-corrected chi connectivity index (χ1v) is 5.64. The molecule has 0 unspecified atom stereocenters. The molecule has 2 N–H and O–H groups in total. The smallest absolute Gasteiger partial charge is 0.337 e. The predicted octanol–water partition coefficient (Wildman–Crippen LogP) is 2.88. The van der Waals surface area contributed by atoms with E-state index in [0.29, 0.717) is 10.6 Å². The van der Waals surface area contributed by atoms with Gasteiger partial charge in [0.2, 0.25) is 5.89 Å². The van der Waals surface area contributed by atoms with E-state index in [1.807, 2.05) is 0 Å². The van der Waals surface area contributed by atoms with Gasteiger partial charge in [-0.15, -0.1) is 0 Å². The van der Waals surface area contributed by atoms with Gasteiger partial charge in [0, 0.05) is 5.02 Å². The number of alkyl halides is 3. The fourth-order valence-electron chi connectivity index (χ4n) is 1.51. The molecule has 0 aliphatic carbocycles. The Labute approximate surface area is 111 Å². The molecule has 0 saturated heterocycles. The van der Waals surface area contributed by atoms with Crippen molar-refractivity contribution in [2.75, 3.05) is 0 Å². The maximum atomic E-state index is 12.2. The van der Waals surface area contributed by atoms with Gasteiger partial charge in [-0.25, -0.2) is 0 Å². The second-order valence-corrected chi connectivity index (χ2v) is 4.25. The second-order valence-electron chi connectivity index (χ2n) is 3.84. The summed E-state index contributed by atoms with van der Waals surface area (Å²) in [6, 6.07) is 5.81. The van der Waals surface area contributed by atoms with Crippen molar-refractivity contribution in [2.45, 2.75) is 18.6 Å². The SMILES string of the molecule is N[C@@H](c1nc(CC(F)(F)F)no1)c1ccccc1Cl. The van der Waals surface area contributed by atoms with Crippen LogP contribution in [0.3, 0.4) is 0 Å². The largest absolute Gasteiger partial charge is 0.396 e. The van der Waals surface area contributed by atoms with Crippen molar-refractivity contribution in [3.05, 3.63) is 46.6 Å². The fourth-order valence-corrected chi connectivity index (χ4v) is 1.76. The van der Waals surface area contributed by atoms with E-state index < -0.39 is 24.5 Å². The number of aromatic nitrogens is 2. The van der Waals surface area contributed by atoms with Crippen molar-refractivity contribution in [1.82, 2.24) is 10.1 Å². The molecule has 0 saturated carbocycles. The summed E-state index contributed by atoms with van der Waals surface area (Å²) in [6.45, 7) is 0. The Morgan fingerprint density at radius 1 is 1.32 bits per heavy atom. The summed E-state index contributed by atoms with van der Waals surface area (Å²) >= 11 is 5.93. The van der Waals surface area contributed by atoms with Gasteiger partial charge in [0.25, 0.3) is 0 Å². The highest BCUT2D eigenvalue weighted by Crippen LogP contribution is 2.26. The quantitative estimate of drug-likeness (QED) is 0.944. The highest BCUT2D eigenvalue weighted by atomic mass is 35.5. The van der Waals surface area contributed by atoms with Gasteiger partial charge in [-0.2, -0.15) is 18.2 Å². The van der Waals surface area contributed by atoms with E-state index >= 15 is 0 Å². The van der Waals surface area contributed by atoms with Crippen LogP contribution in [0, 0.1) is 0 Å². The van der Waals surface area contributed by atoms with Crippen molar-refractivity contribution in [3.8, 4) is 0 Å². The van der Waals surface area contributed by atoms with Crippen LogP contribution in [0.25, 0.3) is 0 Å². The summed E-state index contributed by atoms with van der Waals surface area (Å²) < 4.78 is 41.2. The molecule has 0 radical (unpaired) electrons. The number of benzene rings is 1. The third-order valence-electron chi connectivity index (χ3n) is 2.35. The molecule has 1 aromatic carbocycles. The van der Waals surface area contributed by atoms with E-state index in [4.69, 9.17) is 21.9 Å². The Morgan fingerprint density at radius 2 is 2.00 bits per heavy atom. The molecule has 2 aromatic rings. The van der Waals surface area contributed by atoms with Crippen LogP contribution in [0.15, 0.2) is 28.8 Å². The normalized spacial score (nSPS) is 13.5. The number of nitrogens with two attached hydrogens (primary N) is 1. The average Bonchev–Trinajstić information content (AvgIpc) is 2.75. The Hall–Kier alpha value is -1.60. The van der Waals surface area contributed by atoms with Crippen LogP contribution in [0.4, 0.5) is 13.2 Å². The van der Waals surface area contributed by atoms with Gasteiger partial charge >= 0.3 is 6.18 Å². The first kappa shape index (κ1) is 13.8. The molecule has 0 spiro atoms. The number of halogens is 4. The molecule has 0 aliphatic rings. The monoisotopic (exact) mass is 291 g/mol. The van der Waals surface area contributed by atoms with Crippen molar-refractivity contribution >= 4 is 11.6 Å². The van der Waals surface area contributed by atoms with E-state index in [1.54, 1.807) is 24.3 Å². The van der Waals surface area contributed by atoms with Crippen LogP contribution < -0.4 is 5.73 Å². The van der Waals surface area contributed by atoms with Gasteiger partial charge in [0.1, 0.15) is 12.5 Å². The van der Waals surface area contributed by atoms with E-state index in [0.717, 1.165) is 0 Å². The van der Waals surface area contributed by atoms with E-state index in [1.165, 1.54) is 0 Å². The molecule has 1 heterocycles. The van der Waals surface area contributed by atoms with E-state index in [2.05, 4.69) is 10.1 Å². The fraction of sp³-hybridized carbons (Fsp3) is 0.273. The lowest BCUT2D eigenvalue weighted by Crippen LogP contribution is -2.15. The summed E-state index contributed by atoms with van der Waals surface area (Å²) in [5, 5.41) is 3.63. The molecule has 8 heteroatoms. The van der Waals surface area contributed by atoms with Crippen molar-refractivity contribution < 1.29 is 17.7 Å². The Bertz CT molecular complexity index is 570. The molecule has 102 valence electrons. The van der Waals surface area contributed by atoms with E-state index in [9.17, 15) is 13.2 Å². The van der Waals surface area contributed by atoms with E-state index in [-0.39, 0.29) is 5.89 Å². The predicted molar refractivity (Wildman–Crippen MR) is 61.5 cm³/mol. The summed E-state index contributed by atoms with van der Waals surface area (Å²) in [5.74, 6) is -0.558. The molecular weight excluding hydrogens is 283 g/mol. The lowest BCUT2D eigenvalue weighted by atomic mass is 10.1. The zero-order chi connectivity index (χ0) is 14.0. The van der Waals surface area contributed by atoms with Gasteiger partial charge in [0.15, 0.2) is 5.82 Å². The van der Waals surface area contributed by atoms with Crippen molar-refractivity contribution in [2.24, 2.45) is 5.73 Å². The maximum Gasteiger partial charge on any atom is 0.396 e. The topological polar surface area (TPSA) is 64.9 Å². The molecule has 0 amide bonds. The van der Waals surface area contributed by atoms with Crippen LogP contribution in [0.1, 0.15) is 23.3 Å². The molecule has 2 rings (SSSR count). The second kappa shape index (κ2) is 5.18. The average molecular weight is 292 g/mol. The van der Waals surface area contributed by atoms with Gasteiger partial charge < -0.3 is 10.3 Å². The highest BCUT2D eigenvalue weighted by molar-refractivity contribution is 6.31. The number of hydrogen-bond acceptors (Lipinski definition) is 4. The van der Waals surface area contributed by atoms with Crippen molar-refractivity contribution in [1.29, 1.82) is 0 Å². The molecular formula is C11H9ClF3N3O. The lowest BCUT2D eigenvalue weighted by Gasteiger charge is -2.08. The first-order chi connectivity index (χ1) is 8.87. The molecule has 0 fully saturated rings. The lowest BCUT2D eigenvalue weighted by molar-refractivity contribution is -0.128. The van der Waals surface area contributed by atoms with Gasteiger partial charge in [-0.1, -0.05) is 35.0 Å². The molecule has 1 aromatic heterocycles. The number of nitrogens with zero attached hydrogens (tertiary/aromatic N) is 2. The van der Waals surface area contributed by atoms with Crippen LogP contribution in [0.2, 0.25) is 5.02 Å². The van der Waals surface area contributed by atoms with Crippen LogP contribution in [0.5, 0.6) is 0 Å².